The van der Waals surface area contributed by atoms with Crippen molar-refractivity contribution in [2.75, 3.05) is 27.7 Å². The molecule has 2 unspecified atom stereocenters. The summed E-state index contributed by atoms with van der Waals surface area (Å²) < 4.78 is 5.23. The number of benzene rings is 1. The normalized spacial score (nSPS) is 25.6. The van der Waals surface area contributed by atoms with Crippen molar-refractivity contribution >= 4 is 18.2 Å². The van der Waals surface area contributed by atoms with Gasteiger partial charge in [0.2, 0.25) is 0 Å². The summed E-state index contributed by atoms with van der Waals surface area (Å²) in [4.78, 5) is 13.9. The molecule has 0 heterocycles. The summed E-state index contributed by atoms with van der Waals surface area (Å²) in [5.74, 6) is 0.894. The molecule has 118 valence electrons. The third kappa shape index (κ3) is 3.96. The Morgan fingerprint density at radius 1 is 1.43 bits per heavy atom. The Morgan fingerprint density at radius 3 is 2.76 bits per heavy atom. The van der Waals surface area contributed by atoms with Crippen molar-refractivity contribution in [3.8, 4) is 5.75 Å². The molecule has 0 spiro atoms. The van der Waals surface area contributed by atoms with Crippen molar-refractivity contribution in [2.45, 2.75) is 24.9 Å². The fraction of sp³-hybridized carbons (Fsp3) is 0.562. The fourth-order valence-corrected chi connectivity index (χ4v) is 3.02. The summed E-state index contributed by atoms with van der Waals surface area (Å²) in [5, 5.41) is 11.1. The Balaban J connectivity index is 0.00000220. The molecule has 1 aromatic rings. The molecule has 1 saturated carbocycles. The SMILES string of the molecule is COc1cccc(C2(O)CC(=O)CCC2CN(C)C)c1.Cl. The first kappa shape index (κ1) is 18.0. The number of ether oxygens (including phenoxy) is 1. The number of aliphatic hydroxyl groups is 1. The molecule has 5 heteroatoms. The molecular weight excluding hydrogens is 290 g/mol. The van der Waals surface area contributed by atoms with Crippen LogP contribution in [-0.2, 0) is 10.4 Å². The Hall–Kier alpha value is -1.10. The average molecular weight is 314 g/mol. The molecule has 1 aliphatic rings. The van der Waals surface area contributed by atoms with Crippen LogP contribution in [0, 0.1) is 5.92 Å². The molecule has 2 rings (SSSR count). The highest BCUT2D eigenvalue weighted by Crippen LogP contribution is 2.41. The quantitative estimate of drug-likeness (QED) is 0.926. The number of rotatable bonds is 4. The highest BCUT2D eigenvalue weighted by Gasteiger charge is 2.43. The topological polar surface area (TPSA) is 49.8 Å². The standard InChI is InChI=1S/C16H23NO3.ClH/c1-17(2)11-13-7-8-14(18)10-16(13,19)12-5-4-6-15(9-12)20-3;/h4-6,9,13,19H,7-8,10-11H2,1-3H3;1H. The van der Waals surface area contributed by atoms with Gasteiger partial charge < -0.3 is 14.7 Å². The van der Waals surface area contributed by atoms with E-state index in [4.69, 9.17) is 4.74 Å². The van der Waals surface area contributed by atoms with E-state index >= 15 is 0 Å². The second-order valence-corrected chi connectivity index (χ2v) is 5.87. The predicted octanol–water partition coefficient (Wildman–Crippen LogP) is 2.24. The summed E-state index contributed by atoms with van der Waals surface area (Å²) in [6, 6.07) is 7.42. The summed E-state index contributed by atoms with van der Waals surface area (Å²) in [6.45, 7) is 0.765. The van der Waals surface area contributed by atoms with Crippen molar-refractivity contribution in [3.05, 3.63) is 29.8 Å². The predicted molar refractivity (Wildman–Crippen MR) is 85.0 cm³/mol. The maximum atomic E-state index is 11.8. The van der Waals surface area contributed by atoms with Crippen LogP contribution in [0.3, 0.4) is 0 Å². The molecule has 1 fully saturated rings. The summed E-state index contributed by atoms with van der Waals surface area (Å²) >= 11 is 0. The molecule has 0 radical (unpaired) electrons. The first-order valence-electron chi connectivity index (χ1n) is 6.99. The first-order valence-corrected chi connectivity index (χ1v) is 6.99. The number of hydrogen-bond donors (Lipinski definition) is 1. The number of hydrogen-bond acceptors (Lipinski definition) is 4. The van der Waals surface area contributed by atoms with E-state index < -0.39 is 5.60 Å². The van der Waals surface area contributed by atoms with Gasteiger partial charge in [0.05, 0.1) is 7.11 Å². The smallest absolute Gasteiger partial charge is 0.136 e. The van der Waals surface area contributed by atoms with E-state index in [0.29, 0.717) is 12.2 Å². The minimum absolute atomic E-state index is 0. The van der Waals surface area contributed by atoms with Crippen molar-refractivity contribution in [1.29, 1.82) is 0 Å². The van der Waals surface area contributed by atoms with Gasteiger partial charge in [0.25, 0.3) is 0 Å². The first-order chi connectivity index (χ1) is 9.45. The molecule has 2 atom stereocenters. The van der Waals surface area contributed by atoms with Gasteiger partial charge in [-0.25, -0.2) is 0 Å². The van der Waals surface area contributed by atoms with E-state index in [1.807, 2.05) is 38.4 Å². The number of nitrogens with zero attached hydrogens (tertiary/aromatic N) is 1. The van der Waals surface area contributed by atoms with Gasteiger partial charge in [0.15, 0.2) is 0 Å². The van der Waals surface area contributed by atoms with Crippen molar-refractivity contribution in [3.63, 3.8) is 0 Å². The zero-order valence-corrected chi connectivity index (χ0v) is 13.7. The average Bonchev–Trinajstić information content (AvgIpc) is 2.42. The van der Waals surface area contributed by atoms with Crippen molar-refractivity contribution in [2.24, 2.45) is 5.92 Å². The second kappa shape index (κ2) is 7.25. The second-order valence-electron chi connectivity index (χ2n) is 5.87. The molecule has 0 aliphatic heterocycles. The molecule has 1 N–H and O–H groups in total. The van der Waals surface area contributed by atoms with Gasteiger partial charge >= 0.3 is 0 Å². The molecule has 0 bridgehead atoms. The third-order valence-corrected chi connectivity index (χ3v) is 4.07. The lowest BCUT2D eigenvalue weighted by atomic mass is 9.71. The van der Waals surface area contributed by atoms with Crippen LogP contribution in [0.25, 0.3) is 0 Å². The molecule has 0 aromatic heterocycles. The third-order valence-electron chi connectivity index (χ3n) is 4.07. The summed E-state index contributed by atoms with van der Waals surface area (Å²) in [6.07, 6.45) is 1.48. The van der Waals surface area contributed by atoms with Gasteiger partial charge in [-0.1, -0.05) is 12.1 Å². The summed E-state index contributed by atoms with van der Waals surface area (Å²) in [7, 11) is 5.58. The molecule has 4 nitrogen and oxygen atoms in total. The Labute approximate surface area is 132 Å². The molecule has 0 amide bonds. The van der Waals surface area contributed by atoms with Crippen LogP contribution in [0.15, 0.2) is 24.3 Å². The van der Waals surface area contributed by atoms with Gasteiger partial charge in [-0.2, -0.15) is 0 Å². The highest BCUT2D eigenvalue weighted by atomic mass is 35.5. The molecule has 1 aliphatic carbocycles. The van der Waals surface area contributed by atoms with Gasteiger partial charge in [0, 0.05) is 25.3 Å². The van der Waals surface area contributed by atoms with E-state index in [1.54, 1.807) is 7.11 Å². The van der Waals surface area contributed by atoms with Crippen LogP contribution in [0.1, 0.15) is 24.8 Å². The van der Waals surface area contributed by atoms with Crippen LogP contribution in [0.4, 0.5) is 0 Å². The zero-order valence-electron chi connectivity index (χ0n) is 12.8. The lowest BCUT2D eigenvalue weighted by molar-refractivity contribution is -0.135. The van der Waals surface area contributed by atoms with Crippen LogP contribution < -0.4 is 4.74 Å². The van der Waals surface area contributed by atoms with Crippen LogP contribution >= 0.6 is 12.4 Å². The minimum atomic E-state index is -1.09. The lowest BCUT2D eigenvalue weighted by Gasteiger charge is -2.41. The fourth-order valence-electron chi connectivity index (χ4n) is 3.02. The van der Waals surface area contributed by atoms with E-state index in [9.17, 15) is 9.90 Å². The number of ketones is 1. The van der Waals surface area contributed by atoms with Gasteiger partial charge in [-0.3, -0.25) is 4.79 Å². The van der Waals surface area contributed by atoms with Crippen molar-refractivity contribution in [1.82, 2.24) is 4.90 Å². The lowest BCUT2D eigenvalue weighted by Crippen LogP contribution is -2.45. The van der Waals surface area contributed by atoms with Crippen molar-refractivity contribution < 1.29 is 14.6 Å². The highest BCUT2D eigenvalue weighted by molar-refractivity contribution is 5.85. The molecule has 21 heavy (non-hydrogen) atoms. The Bertz CT molecular complexity index is 492. The van der Waals surface area contributed by atoms with Gasteiger partial charge in [0.1, 0.15) is 17.1 Å². The van der Waals surface area contributed by atoms with Crippen LogP contribution in [0.5, 0.6) is 5.75 Å². The van der Waals surface area contributed by atoms with Gasteiger partial charge in [-0.15, -0.1) is 12.4 Å². The van der Waals surface area contributed by atoms with Crippen LogP contribution in [0.2, 0.25) is 0 Å². The molecule has 0 saturated heterocycles. The minimum Gasteiger partial charge on any atom is -0.497 e. The van der Waals surface area contributed by atoms with Gasteiger partial charge in [-0.05, 0) is 38.2 Å². The summed E-state index contributed by atoms with van der Waals surface area (Å²) in [5.41, 5.74) is -0.314. The van der Waals surface area contributed by atoms with E-state index in [1.165, 1.54) is 0 Å². The van der Waals surface area contributed by atoms with E-state index in [2.05, 4.69) is 4.90 Å². The molecule has 1 aromatic carbocycles. The van der Waals surface area contributed by atoms with Crippen LogP contribution in [-0.4, -0.2) is 43.5 Å². The zero-order chi connectivity index (χ0) is 14.8. The van der Waals surface area contributed by atoms with E-state index in [-0.39, 0.29) is 30.5 Å². The maximum absolute atomic E-state index is 11.8. The Kier molecular flexibility index (Phi) is 6.20. The number of methoxy groups -OCH3 is 1. The largest absolute Gasteiger partial charge is 0.497 e. The number of carbonyl (C=O) groups excluding carboxylic acids is 1. The molecular formula is C16H24ClNO3. The number of carbonyl (C=O) groups is 1. The number of halogens is 1. The maximum Gasteiger partial charge on any atom is 0.136 e. The number of Topliss-reactive ketones (excluding diaryl/α,β-unsaturated/α-hetero) is 1. The monoisotopic (exact) mass is 313 g/mol. The van der Waals surface area contributed by atoms with E-state index in [0.717, 1.165) is 18.5 Å². The Morgan fingerprint density at radius 2 is 2.14 bits per heavy atom.